The molecule has 0 aliphatic carbocycles. The van der Waals surface area contributed by atoms with Crippen LogP contribution >= 0.6 is 23.2 Å². The van der Waals surface area contributed by atoms with Crippen LogP contribution in [0.15, 0.2) is 36.4 Å². The maximum Gasteiger partial charge on any atom is 0.129 e. The molecule has 0 radical (unpaired) electrons. The fourth-order valence-electron chi connectivity index (χ4n) is 2.09. The molecule has 112 valence electrons. The molecule has 21 heavy (non-hydrogen) atoms. The second-order valence-corrected chi connectivity index (χ2v) is 5.52. The highest BCUT2D eigenvalue weighted by atomic mass is 35.5. The predicted molar refractivity (Wildman–Crippen MR) is 82.6 cm³/mol. The molecule has 2 aromatic rings. The van der Waals surface area contributed by atoms with E-state index in [4.69, 9.17) is 23.2 Å². The summed E-state index contributed by atoms with van der Waals surface area (Å²) >= 11 is 12.1. The summed E-state index contributed by atoms with van der Waals surface area (Å²) in [6.45, 7) is 3.14. The summed E-state index contributed by atoms with van der Waals surface area (Å²) in [6, 6.07) is 9.14. The molecule has 0 amide bonds. The zero-order chi connectivity index (χ0) is 15.4. The van der Waals surface area contributed by atoms with Crippen LogP contribution in [0.3, 0.4) is 0 Å². The lowest BCUT2D eigenvalue weighted by atomic mass is 10.1. The largest absolute Gasteiger partial charge is 0.295 e. The second-order valence-electron chi connectivity index (χ2n) is 4.70. The van der Waals surface area contributed by atoms with Gasteiger partial charge in [0.15, 0.2) is 0 Å². The molecular formula is C16H15Cl2F2N. The molecule has 2 rings (SSSR count). The Kier molecular flexibility index (Phi) is 5.57. The van der Waals surface area contributed by atoms with Crippen molar-refractivity contribution in [3.8, 4) is 0 Å². The van der Waals surface area contributed by atoms with Gasteiger partial charge in [-0.1, -0.05) is 42.3 Å². The molecule has 0 aliphatic rings. The maximum atomic E-state index is 13.8. The standard InChI is InChI=1S/C16H15Cl2F2N/c1-2-21(9-11-13(17)5-3-7-15(11)19)10-12-14(18)6-4-8-16(12)20/h3-8H,2,9-10H2,1H3. The van der Waals surface area contributed by atoms with Crippen molar-refractivity contribution >= 4 is 23.2 Å². The zero-order valence-corrected chi connectivity index (χ0v) is 13.1. The number of benzene rings is 2. The van der Waals surface area contributed by atoms with Crippen LogP contribution in [-0.4, -0.2) is 11.4 Å². The molecule has 5 heteroatoms. The molecule has 0 saturated heterocycles. The molecule has 0 N–H and O–H groups in total. The van der Waals surface area contributed by atoms with E-state index >= 15 is 0 Å². The fraction of sp³-hybridized carbons (Fsp3) is 0.250. The monoisotopic (exact) mass is 329 g/mol. The number of halogens is 4. The summed E-state index contributed by atoms with van der Waals surface area (Å²) in [5.74, 6) is -0.721. The van der Waals surface area contributed by atoms with E-state index in [-0.39, 0.29) is 11.6 Å². The first-order chi connectivity index (χ1) is 10.0. The van der Waals surface area contributed by atoms with Gasteiger partial charge in [-0.3, -0.25) is 4.90 Å². The third-order valence-corrected chi connectivity index (χ3v) is 4.04. The Labute approximate surface area is 133 Å². The van der Waals surface area contributed by atoms with Gasteiger partial charge < -0.3 is 0 Å². The van der Waals surface area contributed by atoms with E-state index in [0.29, 0.717) is 40.8 Å². The Morgan fingerprint density at radius 3 is 1.62 bits per heavy atom. The van der Waals surface area contributed by atoms with E-state index < -0.39 is 0 Å². The highest BCUT2D eigenvalue weighted by Crippen LogP contribution is 2.24. The highest BCUT2D eigenvalue weighted by Gasteiger charge is 2.15. The van der Waals surface area contributed by atoms with Crippen molar-refractivity contribution in [3.63, 3.8) is 0 Å². The molecule has 0 unspecified atom stereocenters. The van der Waals surface area contributed by atoms with Crippen molar-refractivity contribution in [1.82, 2.24) is 4.90 Å². The third kappa shape index (κ3) is 3.94. The Morgan fingerprint density at radius 2 is 1.29 bits per heavy atom. The molecule has 0 bridgehead atoms. The predicted octanol–water partition coefficient (Wildman–Crippen LogP) is 5.29. The van der Waals surface area contributed by atoms with E-state index in [1.165, 1.54) is 12.1 Å². The van der Waals surface area contributed by atoms with Crippen molar-refractivity contribution in [3.05, 3.63) is 69.2 Å². The maximum absolute atomic E-state index is 13.8. The van der Waals surface area contributed by atoms with Gasteiger partial charge in [-0.2, -0.15) is 0 Å². The van der Waals surface area contributed by atoms with Crippen LogP contribution in [0.4, 0.5) is 8.78 Å². The first kappa shape index (κ1) is 16.2. The van der Waals surface area contributed by atoms with Gasteiger partial charge in [0.1, 0.15) is 11.6 Å². The number of rotatable bonds is 5. The normalized spacial score (nSPS) is 11.1. The Hall–Kier alpha value is -1.16. The zero-order valence-electron chi connectivity index (χ0n) is 11.5. The fourth-order valence-corrected chi connectivity index (χ4v) is 2.54. The van der Waals surface area contributed by atoms with Gasteiger partial charge in [0.05, 0.1) is 0 Å². The van der Waals surface area contributed by atoms with Crippen molar-refractivity contribution in [2.24, 2.45) is 0 Å². The van der Waals surface area contributed by atoms with Crippen molar-refractivity contribution in [2.75, 3.05) is 6.54 Å². The van der Waals surface area contributed by atoms with E-state index in [1.807, 2.05) is 11.8 Å². The minimum Gasteiger partial charge on any atom is -0.295 e. The van der Waals surface area contributed by atoms with Gasteiger partial charge in [0, 0.05) is 34.3 Å². The minimum atomic E-state index is -0.361. The van der Waals surface area contributed by atoms with Gasteiger partial charge >= 0.3 is 0 Å². The summed E-state index contributed by atoms with van der Waals surface area (Å²) < 4.78 is 27.7. The molecule has 1 nitrogen and oxygen atoms in total. The minimum absolute atomic E-state index is 0.298. The van der Waals surface area contributed by atoms with Crippen molar-refractivity contribution < 1.29 is 8.78 Å². The topological polar surface area (TPSA) is 3.24 Å². The van der Waals surface area contributed by atoms with Crippen LogP contribution in [0.5, 0.6) is 0 Å². The average Bonchev–Trinajstić information content (AvgIpc) is 2.45. The van der Waals surface area contributed by atoms with Gasteiger partial charge in [0.2, 0.25) is 0 Å². The van der Waals surface area contributed by atoms with E-state index in [1.54, 1.807) is 24.3 Å². The average molecular weight is 330 g/mol. The van der Waals surface area contributed by atoms with Crippen LogP contribution < -0.4 is 0 Å². The molecular weight excluding hydrogens is 315 g/mol. The Morgan fingerprint density at radius 1 is 0.857 bits per heavy atom. The number of hydrogen-bond acceptors (Lipinski definition) is 1. The van der Waals surface area contributed by atoms with E-state index in [0.717, 1.165) is 0 Å². The van der Waals surface area contributed by atoms with Gasteiger partial charge in [-0.25, -0.2) is 8.78 Å². The summed E-state index contributed by atoms with van der Waals surface area (Å²) in [6.07, 6.45) is 0. The summed E-state index contributed by atoms with van der Waals surface area (Å²) in [5, 5.41) is 0.737. The first-order valence-electron chi connectivity index (χ1n) is 6.61. The molecule has 0 saturated carbocycles. The van der Waals surface area contributed by atoms with E-state index in [9.17, 15) is 8.78 Å². The van der Waals surface area contributed by atoms with Crippen molar-refractivity contribution in [2.45, 2.75) is 20.0 Å². The third-order valence-electron chi connectivity index (χ3n) is 3.33. The molecule has 0 spiro atoms. The molecule has 0 aliphatic heterocycles. The summed E-state index contributed by atoms with van der Waals surface area (Å²) in [5.41, 5.74) is 0.821. The van der Waals surface area contributed by atoms with Crippen LogP contribution in [0.2, 0.25) is 10.0 Å². The van der Waals surface area contributed by atoms with Crippen LogP contribution in [0.25, 0.3) is 0 Å². The quantitative estimate of drug-likeness (QED) is 0.720. The summed E-state index contributed by atoms with van der Waals surface area (Å²) in [7, 11) is 0. The van der Waals surface area contributed by atoms with Gasteiger partial charge in [0.25, 0.3) is 0 Å². The number of nitrogens with zero attached hydrogens (tertiary/aromatic N) is 1. The highest BCUT2D eigenvalue weighted by molar-refractivity contribution is 6.31. The molecule has 0 heterocycles. The van der Waals surface area contributed by atoms with Gasteiger partial charge in [-0.05, 0) is 30.8 Å². The lowest BCUT2D eigenvalue weighted by molar-refractivity contribution is 0.263. The Bertz CT molecular complexity index is 538. The lowest BCUT2D eigenvalue weighted by Gasteiger charge is -2.22. The van der Waals surface area contributed by atoms with Crippen molar-refractivity contribution in [1.29, 1.82) is 0 Å². The van der Waals surface area contributed by atoms with Crippen LogP contribution in [0.1, 0.15) is 18.1 Å². The second kappa shape index (κ2) is 7.21. The molecule has 0 aromatic heterocycles. The first-order valence-corrected chi connectivity index (χ1v) is 7.36. The Balaban J connectivity index is 2.21. The van der Waals surface area contributed by atoms with Crippen LogP contribution in [-0.2, 0) is 13.1 Å². The van der Waals surface area contributed by atoms with E-state index in [2.05, 4.69) is 0 Å². The number of hydrogen-bond donors (Lipinski definition) is 0. The van der Waals surface area contributed by atoms with Crippen LogP contribution in [0, 0.1) is 11.6 Å². The SMILES string of the molecule is CCN(Cc1c(F)cccc1Cl)Cc1c(F)cccc1Cl. The smallest absolute Gasteiger partial charge is 0.129 e. The molecule has 0 fully saturated rings. The summed E-state index contributed by atoms with van der Waals surface area (Å²) in [4.78, 5) is 1.88. The molecule has 0 atom stereocenters. The lowest BCUT2D eigenvalue weighted by Crippen LogP contribution is -2.24. The molecule has 2 aromatic carbocycles. The van der Waals surface area contributed by atoms with Gasteiger partial charge in [-0.15, -0.1) is 0 Å².